The minimum Gasteiger partial charge on any atom is -0.356 e. The Bertz CT molecular complexity index is 573. The molecule has 0 saturated carbocycles. The molecule has 2 N–H and O–H groups in total. The van der Waals surface area contributed by atoms with Crippen molar-refractivity contribution in [3.8, 4) is 0 Å². The zero-order valence-electron chi connectivity index (χ0n) is 16.6. The number of nitrogens with zero attached hydrogens (tertiary/aromatic N) is 2. The molecule has 0 atom stereocenters. The number of carbonyl (C=O) groups excluding carboxylic acids is 1. The van der Waals surface area contributed by atoms with Crippen LogP contribution in [0.25, 0.3) is 0 Å². The van der Waals surface area contributed by atoms with Crippen LogP contribution in [-0.2, 0) is 6.42 Å². The molecule has 1 aromatic carbocycles. The Morgan fingerprint density at radius 2 is 1.84 bits per heavy atom. The number of amides is 1. The molecule has 1 amide bonds. The third kappa shape index (κ3) is 8.57. The summed E-state index contributed by atoms with van der Waals surface area (Å²) in [5, 5.41) is 6.68. The maximum Gasteiger partial charge on any atom is 0.253 e. The first kappa shape index (κ1) is 21.0. The molecule has 0 unspecified atom stereocenters. The van der Waals surface area contributed by atoms with Gasteiger partial charge in [-0.2, -0.15) is 0 Å². The third-order valence-corrected chi connectivity index (χ3v) is 3.91. The average Bonchev–Trinajstić information content (AvgIpc) is 2.55. The third-order valence-electron chi connectivity index (χ3n) is 3.91. The van der Waals surface area contributed by atoms with Gasteiger partial charge in [0, 0.05) is 39.8 Å². The highest BCUT2D eigenvalue weighted by Crippen LogP contribution is 2.19. The average molecular weight is 347 g/mol. The first-order valence-corrected chi connectivity index (χ1v) is 8.98. The van der Waals surface area contributed by atoms with Gasteiger partial charge in [-0.1, -0.05) is 32.9 Å². The Morgan fingerprint density at radius 3 is 2.44 bits per heavy atom. The van der Waals surface area contributed by atoms with Crippen LogP contribution in [0.5, 0.6) is 0 Å². The van der Waals surface area contributed by atoms with E-state index in [-0.39, 0.29) is 5.91 Å². The van der Waals surface area contributed by atoms with E-state index in [0.717, 1.165) is 43.0 Å². The molecule has 0 bridgehead atoms. The monoisotopic (exact) mass is 346 g/mol. The highest BCUT2D eigenvalue weighted by atomic mass is 16.2. The van der Waals surface area contributed by atoms with E-state index in [1.807, 2.05) is 24.3 Å². The van der Waals surface area contributed by atoms with E-state index >= 15 is 0 Å². The molecule has 0 aliphatic heterocycles. The molecule has 0 radical (unpaired) electrons. The smallest absolute Gasteiger partial charge is 0.253 e. The van der Waals surface area contributed by atoms with Gasteiger partial charge in [0.25, 0.3) is 5.91 Å². The van der Waals surface area contributed by atoms with Crippen LogP contribution in [0, 0.1) is 5.41 Å². The van der Waals surface area contributed by atoms with Crippen LogP contribution in [0.1, 0.15) is 49.5 Å². The van der Waals surface area contributed by atoms with E-state index in [1.54, 1.807) is 26.0 Å². The highest BCUT2D eigenvalue weighted by Gasteiger charge is 2.10. The summed E-state index contributed by atoms with van der Waals surface area (Å²) in [7, 11) is 5.33. The Kier molecular flexibility index (Phi) is 8.46. The second kappa shape index (κ2) is 10.1. The largest absolute Gasteiger partial charge is 0.356 e. The Labute approximate surface area is 152 Å². The first-order chi connectivity index (χ1) is 11.7. The molecular formula is C20H34N4O. The van der Waals surface area contributed by atoms with E-state index in [2.05, 4.69) is 36.4 Å². The SMILES string of the molecule is CN=C(NCCCC(C)(C)C)NCCc1cccc(C(=O)N(C)C)c1. The van der Waals surface area contributed by atoms with Crippen LogP contribution in [-0.4, -0.2) is 51.0 Å². The number of aliphatic imine (C=N–C) groups is 1. The molecule has 5 heteroatoms. The lowest BCUT2D eigenvalue weighted by molar-refractivity contribution is 0.0827. The molecule has 0 heterocycles. The first-order valence-electron chi connectivity index (χ1n) is 8.98. The molecule has 140 valence electrons. The van der Waals surface area contributed by atoms with Crippen LogP contribution in [0.2, 0.25) is 0 Å². The summed E-state index contributed by atoms with van der Waals surface area (Å²) in [4.78, 5) is 17.9. The van der Waals surface area contributed by atoms with E-state index in [4.69, 9.17) is 0 Å². The number of hydrogen-bond donors (Lipinski definition) is 2. The summed E-state index contributed by atoms with van der Waals surface area (Å²) >= 11 is 0. The van der Waals surface area contributed by atoms with Crippen LogP contribution in [0.3, 0.4) is 0 Å². The van der Waals surface area contributed by atoms with Gasteiger partial charge >= 0.3 is 0 Å². The zero-order chi connectivity index (χ0) is 18.9. The van der Waals surface area contributed by atoms with Gasteiger partial charge in [-0.15, -0.1) is 0 Å². The number of rotatable bonds is 7. The fourth-order valence-electron chi connectivity index (χ4n) is 2.49. The fourth-order valence-corrected chi connectivity index (χ4v) is 2.49. The molecule has 5 nitrogen and oxygen atoms in total. The number of guanidine groups is 1. The Hall–Kier alpha value is -2.04. The second-order valence-corrected chi connectivity index (χ2v) is 7.74. The molecule has 1 rings (SSSR count). The molecule has 25 heavy (non-hydrogen) atoms. The summed E-state index contributed by atoms with van der Waals surface area (Å²) < 4.78 is 0. The van der Waals surface area contributed by atoms with E-state index in [9.17, 15) is 4.79 Å². The van der Waals surface area contributed by atoms with Gasteiger partial charge < -0.3 is 15.5 Å². The van der Waals surface area contributed by atoms with Crippen molar-refractivity contribution in [3.63, 3.8) is 0 Å². The quantitative estimate of drug-likeness (QED) is 0.453. The maximum atomic E-state index is 12.0. The topological polar surface area (TPSA) is 56.7 Å². The predicted octanol–water partition coefficient (Wildman–Crippen LogP) is 2.92. The van der Waals surface area contributed by atoms with Gasteiger partial charge in [0.1, 0.15) is 0 Å². The molecule has 0 fully saturated rings. The fraction of sp³-hybridized carbons (Fsp3) is 0.600. The van der Waals surface area contributed by atoms with Crippen molar-refractivity contribution in [1.82, 2.24) is 15.5 Å². The standard InChI is InChI=1S/C20H34N4O/c1-20(2,3)12-8-13-22-19(21-4)23-14-11-16-9-7-10-17(15-16)18(25)24(5)6/h7,9-10,15H,8,11-14H2,1-6H3,(H2,21,22,23). The molecule has 0 aromatic heterocycles. The Morgan fingerprint density at radius 1 is 1.16 bits per heavy atom. The lowest BCUT2D eigenvalue weighted by Gasteiger charge is -2.18. The summed E-state index contributed by atoms with van der Waals surface area (Å²) in [5.41, 5.74) is 2.24. The predicted molar refractivity (Wildman–Crippen MR) is 106 cm³/mol. The number of nitrogens with one attached hydrogen (secondary N) is 2. The van der Waals surface area contributed by atoms with Crippen molar-refractivity contribution in [2.75, 3.05) is 34.2 Å². The number of carbonyl (C=O) groups is 1. The van der Waals surface area contributed by atoms with Crippen molar-refractivity contribution in [1.29, 1.82) is 0 Å². The highest BCUT2D eigenvalue weighted by molar-refractivity contribution is 5.94. The molecule has 0 aliphatic rings. The van der Waals surface area contributed by atoms with Crippen molar-refractivity contribution in [2.45, 2.75) is 40.0 Å². The molecule has 0 saturated heterocycles. The van der Waals surface area contributed by atoms with Gasteiger partial charge in [-0.3, -0.25) is 9.79 Å². The van der Waals surface area contributed by atoms with Crippen molar-refractivity contribution < 1.29 is 4.79 Å². The maximum absolute atomic E-state index is 12.0. The van der Waals surface area contributed by atoms with Crippen LogP contribution < -0.4 is 10.6 Å². The normalized spacial score (nSPS) is 12.0. The van der Waals surface area contributed by atoms with Crippen LogP contribution in [0.4, 0.5) is 0 Å². The Balaban J connectivity index is 2.40. The van der Waals surface area contributed by atoms with E-state index in [0.29, 0.717) is 5.41 Å². The van der Waals surface area contributed by atoms with Crippen molar-refractivity contribution in [3.05, 3.63) is 35.4 Å². The summed E-state index contributed by atoms with van der Waals surface area (Å²) in [6.45, 7) is 8.47. The van der Waals surface area contributed by atoms with Crippen molar-refractivity contribution in [2.24, 2.45) is 10.4 Å². The van der Waals surface area contributed by atoms with Gasteiger partial charge in [0.15, 0.2) is 5.96 Å². The minimum absolute atomic E-state index is 0.0335. The summed E-state index contributed by atoms with van der Waals surface area (Å²) in [6, 6.07) is 7.80. The van der Waals surface area contributed by atoms with Gasteiger partial charge in [0.2, 0.25) is 0 Å². The summed E-state index contributed by atoms with van der Waals surface area (Å²) in [5.74, 6) is 0.862. The van der Waals surface area contributed by atoms with Gasteiger partial charge in [-0.05, 0) is 42.4 Å². The van der Waals surface area contributed by atoms with Crippen LogP contribution >= 0.6 is 0 Å². The molecule has 1 aromatic rings. The van der Waals surface area contributed by atoms with Gasteiger partial charge in [-0.25, -0.2) is 0 Å². The number of benzene rings is 1. The zero-order valence-corrected chi connectivity index (χ0v) is 16.6. The van der Waals surface area contributed by atoms with Crippen LogP contribution in [0.15, 0.2) is 29.3 Å². The van der Waals surface area contributed by atoms with E-state index in [1.165, 1.54) is 6.42 Å². The minimum atomic E-state index is 0.0335. The lowest BCUT2D eigenvalue weighted by Crippen LogP contribution is -2.38. The summed E-state index contributed by atoms with van der Waals surface area (Å²) in [6.07, 6.45) is 3.15. The van der Waals surface area contributed by atoms with Crippen molar-refractivity contribution >= 4 is 11.9 Å². The van der Waals surface area contributed by atoms with E-state index < -0.39 is 0 Å². The number of hydrogen-bond acceptors (Lipinski definition) is 2. The molecule has 0 spiro atoms. The lowest BCUT2D eigenvalue weighted by atomic mass is 9.91. The second-order valence-electron chi connectivity index (χ2n) is 7.74. The molecular weight excluding hydrogens is 312 g/mol. The molecule has 0 aliphatic carbocycles. The van der Waals surface area contributed by atoms with Gasteiger partial charge in [0.05, 0.1) is 0 Å².